The van der Waals surface area contributed by atoms with Crippen molar-refractivity contribution in [2.45, 2.75) is 13.1 Å². The van der Waals surface area contributed by atoms with Gasteiger partial charge in [-0.3, -0.25) is 14.7 Å². The molecule has 0 atom stereocenters. The first-order valence-corrected chi connectivity index (χ1v) is 10.6. The first-order valence-electron chi connectivity index (χ1n) is 9.42. The minimum absolute atomic E-state index is 0.0737. The lowest BCUT2D eigenvalue weighted by Crippen LogP contribution is -2.28. The molecule has 1 N–H and O–H groups in total. The van der Waals surface area contributed by atoms with Crippen LogP contribution in [0, 0.1) is 0 Å². The van der Waals surface area contributed by atoms with Gasteiger partial charge in [0, 0.05) is 10.6 Å². The fraction of sp³-hybridized carbons (Fsp3) is 0.0833. The lowest BCUT2D eigenvalue weighted by molar-refractivity contribution is -0.122. The number of phenols is 1. The van der Waals surface area contributed by atoms with Crippen LogP contribution in [0.15, 0.2) is 88.8 Å². The molecule has 0 saturated carbocycles. The third-order valence-electron chi connectivity index (χ3n) is 4.59. The number of carbonyl (C=O) groups excluding carboxylic acids is 1. The number of hydrogen-bond donors (Lipinski definition) is 1. The Morgan fingerprint density at radius 1 is 0.967 bits per heavy atom. The van der Waals surface area contributed by atoms with Crippen LogP contribution >= 0.6 is 23.4 Å². The fourth-order valence-corrected chi connectivity index (χ4v) is 4.20. The minimum atomic E-state index is -0.143. The average molecular weight is 435 g/mol. The minimum Gasteiger partial charge on any atom is -0.507 e. The van der Waals surface area contributed by atoms with Crippen molar-refractivity contribution >= 4 is 40.5 Å². The molecule has 1 aliphatic heterocycles. The van der Waals surface area contributed by atoms with E-state index in [1.54, 1.807) is 23.1 Å². The largest absolute Gasteiger partial charge is 0.507 e. The van der Waals surface area contributed by atoms with Crippen LogP contribution in [0.2, 0.25) is 5.02 Å². The molecule has 1 saturated heterocycles. The number of carbonyl (C=O) groups is 1. The molecule has 1 heterocycles. The van der Waals surface area contributed by atoms with E-state index in [1.165, 1.54) is 17.8 Å². The van der Waals surface area contributed by atoms with Gasteiger partial charge in [0.25, 0.3) is 5.91 Å². The number of hydrogen-bond acceptors (Lipinski definition) is 4. The van der Waals surface area contributed by atoms with Gasteiger partial charge in [-0.15, -0.1) is 0 Å². The second-order valence-corrected chi connectivity index (χ2v) is 8.22. The summed E-state index contributed by atoms with van der Waals surface area (Å²) in [5, 5.41) is 11.3. The van der Waals surface area contributed by atoms with E-state index in [-0.39, 0.29) is 11.7 Å². The molecule has 0 bridgehead atoms. The third kappa shape index (κ3) is 4.75. The van der Waals surface area contributed by atoms with Crippen LogP contribution in [-0.2, 0) is 17.9 Å². The Balaban J connectivity index is 1.66. The number of amidine groups is 1. The Bertz CT molecular complexity index is 1110. The number of aliphatic imine (C=N–C) groups is 1. The molecule has 3 aromatic carbocycles. The standard InChI is InChI=1S/C24H19ClN2O2S/c25-20-11-12-21(28)19(13-20)14-22-23(29)27(16-18-9-5-2-6-10-18)24(30-22)26-15-17-7-3-1-4-8-17/h1-14,28H,15-16H2/b22-14-,26-24?. The zero-order valence-electron chi connectivity index (χ0n) is 16.0. The summed E-state index contributed by atoms with van der Waals surface area (Å²) in [7, 11) is 0. The second kappa shape index (κ2) is 9.20. The van der Waals surface area contributed by atoms with Gasteiger partial charge in [-0.1, -0.05) is 72.3 Å². The van der Waals surface area contributed by atoms with E-state index in [9.17, 15) is 9.90 Å². The smallest absolute Gasteiger partial charge is 0.267 e. The van der Waals surface area contributed by atoms with E-state index < -0.39 is 0 Å². The molecule has 0 aromatic heterocycles. The van der Waals surface area contributed by atoms with Gasteiger partial charge >= 0.3 is 0 Å². The van der Waals surface area contributed by atoms with Gasteiger partial charge in [-0.2, -0.15) is 0 Å². The number of rotatable bonds is 5. The number of benzene rings is 3. The molecule has 4 nitrogen and oxygen atoms in total. The predicted octanol–water partition coefficient (Wildman–Crippen LogP) is 5.72. The highest BCUT2D eigenvalue weighted by Gasteiger charge is 2.33. The van der Waals surface area contributed by atoms with Crippen LogP contribution in [0.4, 0.5) is 0 Å². The highest BCUT2D eigenvalue weighted by molar-refractivity contribution is 8.18. The molecule has 4 rings (SSSR count). The Hall–Kier alpha value is -3.02. The molecular weight excluding hydrogens is 416 g/mol. The zero-order valence-corrected chi connectivity index (χ0v) is 17.6. The van der Waals surface area contributed by atoms with Gasteiger partial charge in [0.1, 0.15) is 5.75 Å². The molecule has 1 amide bonds. The number of phenolic OH excluding ortho intramolecular Hbond substituents is 1. The number of amides is 1. The lowest BCUT2D eigenvalue weighted by Gasteiger charge is -2.15. The number of halogens is 1. The van der Waals surface area contributed by atoms with Crippen molar-refractivity contribution in [3.8, 4) is 5.75 Å². The Morgan fingerprint density at radius 3 is 2.33 bits per heavy atom. The van der Waals surface area contributed by atoms with Crippen molar-refractivity contribution in [2.75, 3.05) is 0 Å². The molecule has 30 heavy (non-hydrogen) atoms. The molecule has 1 aliphatic rings. The van der Waals surface area contributed by atoms with Crippen molar-refractivity contribution in [1.82, 2.24) is 4.90 Å². The number of aromatic hydroxyl groups is 1. The topological polar surface area (TPSA) is 52.9 Å². The van der Waals surface area contributed by atoms with Crippen molar-refractivity contribution < 1.29 is 9.90 Å². The third-order valence-corrected chi connectivity index (χ3v) is 5.87. The molecule has 1 fully saturated rings. The maximum Gasteiger partial charge on any atom is 0.267 e. The van der Waals surface area contributed by atoms with Crippen LogP contribution < -0.4 is 0 Å². The van der Waals surface area contributed by atoms with Crippen molar-refractivity contribution in [2.24, 2.45) is 4.99 Å². The highest BCUT2D eigenvalue weighted by Crippen LogP contribution is 2.35. The monoisotopic (exact) mass is 434 g/mol. The summed E-state index contributed by atoms with van der Waals surface area (Å²) in [6.45, 7) is 0.913. The van der Waals surface area contributed by atoms with E-state index >= 15 is 0 Å². The quantitative estimate of drug-likeness (QED) is 0.522. The molecule has 0 radical (unpaired) electrons. The van der Waals surface area contributed by atoms with E-state index in [1.807, 2.05) is 60.7 Å². The van der Waals surface area contributed by atoms with E-state index in [0.717, 1.165) is 11.1 Å². The first kappa shape index (κ1) is 20.3. The molecule has 0 aliphatic carbocycles. The SMILES string of the molecule is O=C1/C(=C/c2cc(Cl)ccc2O)SC(=NCc2ccccc2)N1Cc1ccccc1. The Morgan fingerprint density at radius 2 is 1.63 bits per heavy atom. The summed E-state index contributed by atoms with van der Waals surface area (Å²) >= 11 is 7.36. The summed E-state index contributed by atoms with van der Waals surface area (Å²) in [6.07, 6.45) is 1.66. The molecule has 3 aromatic rings. The van der Waals surface area contributed by atoms with Gasteiger partial charge in [0.05, 0.1) is 18.0 Å². The molecular formula is C24H19ClN2O2S. The Labute approximate surface area is 184 Å². The summed E-state index contributed by atoms with van der Waals surface area (Å²) in [5.74, 6) is -0.0698. The normalized spacial score (nSPS) is 16.6. The highest BCUT2D eigenvalue weighted by atomic mass is 35.5. The van der Waals surface area contributed by atoms with Crippen molar-refractivity contribution in [3.05, 3.63) is 105 Å². The van der Waals surface area contributed by atoms with Gasteiger partial charge in [-0.05, 0) is 47.2 Å². The summed E-state index contributed by atoms with van der Waals surface area (Å²) < 4.78 is 0. The van der Waals surface area contributed by atoms with E-state index in [4.69, 9.17) is 16.6 Å². The zero-order chi connectivity index (χ0) is 20.9. The van der Waals surface area contributed by atoms with Gasteiger partial charge < -0.3 is 5.11 Å². The first-order chi connectivity index (χ1) is 14.6. The maximum absolute atomic E-state index is 13.2. The van der Waals surface area contributed by atoms with Crippen LogP contribution in [0.3, 0.4) is 0 Å². The molecule has 6 heteroatoms. The van der Waals surface area contributed by atoms with Gasteiger partial charge in [0.2, 0.25) is 0 Å². The van der Waals surface area contributed by atoms with E-state index in [0.29, 0.717) is 33.7 Å². The number of nitrogens with zero attached hydrogens (tertiary/aromatic N) is 2. The summed E-state index contributed by atoms with van der Waals surface area (Å²) in [5.41, 5.74) is 2.59. The predicted molar refractivity (Wildman–Crippen MR) is 123 cm³/mol. The van der Waals surface area contributed by atoms with Crippen LogP contribution in [0.5, 0.6) is 5.75 Å². The van der Waals surface area contributed by atoms with Crippen LogP contribution in [0.25, 0.3) is 6.08 Å². The van der Waals surface area contributed by atoms with Gasteiger partial charge in [0.15, 0.2) is 5.17 Å². The molecule has 150 valence electrons. The van der Waals surface area contributed by atoms with Crippen LogP contribution in [-0.4, -0.2) is 21.1 Å². The van der Waals surface area contributed by atoms with Crippen molar-refractivity contribution in [1.29, 1.82) is 0 Å². The van der Waals surface area contributed by atoms with Crippen LogP contribution in [0.1, 0.15) is 16.7 Å². The fourth-order valence-electron chi connectivity index (χ4n) is 3.06. The van der Waals surface area contributed by atoms with E-state index in [2.05, 4.69) is 0 Å². The molecule has 0 spiro atoms. The maximum atomic E-state index is 13.2. The average Bonchev–Trinajstić information content (AvgIpc) is 3.05. The summed E-state index contributed by atoms with van der Waals surface area (Å²) in [6, 6.07) is 24.5. The second-order valence-electron chi connectivity index (χ2n) is 6.78. The van der Waals surface area contributed by atoms with Crippen molar-refractivity contribution in [3.63, 3.8) is 0 Å². The molecule has 0 unspecified atom stereocenters. The Kier molecular flexibility index (Phi) is 6.21. The lowest BCUT2D eigenvalue weighted by atomic mass is 10.1. The summed E-state index contributed by atoms with van der Waals surface area (Å²) in [4.78, 5) is 20.1. The van der Waals surface area contributed by atoms with Gasteiger partial charge in [-0.25, -0.2) is 0 Å². The number of thioether (sulfide) groups is 1.